The summed E-state index contributed by atoms with van der Waals surface area (Å²) >= 11 is 0. The number of nitrogens with zero attached hydrogens (tertiary/aromatic N) is 1. The second-order valence-electron chi connectivity index (χ2n) is 3.66. The summed E-state index contributed by atoms with van der Waals surface area (Å²) in [5.41, 5.74) is 1.19. The minimum Gasteiger partial charge on any atom is -0.384 e. The number of aliphatic hydroxyl groups is 1. The molecule has 0 heterocycles. The summed E-state index contributed by atoms with van der Waals surface area (Å²) < 4.78 is 0. The van der Waals surface area contributed by atoms with Gasteiger partial charge in [-0.25, -0.2) is 0 Å². The highest BCUT2D eigenvalue weighted by molar-refractivity contribution is 5.37. The predicted octanol–water partition coefficient (Wildman–Crippen LogP) is 2.98. The van der Waals surface area contributed by atoms with Gasteiger partial charge in [0.1, 0.15) is 6.10 Å². The monoisotopic (exact) mass is 221 g/mol. The summed E-state index contributed by atoms with van der Waals surface area (Å²) in [5.74, 6) is 0. The first-order chi connectivity index (χ1) is 7.56. The third-order valence-electron chi connectivity index (χ3n) is 2.35. The number of benzene rings is 1. The SMILES string of the molecule is C=C(CCC)C(O)c1cccc([N+](=O)[O-])c1. The van der Waals surface area contributed by atoms with E-state index in [-0.39, 0.29) is 5.69 Å². The summed E-state index contributed by atoms with van der Waals surface area (Å²) in [6.07, 6.45) is 0.786. The predicted molar refractivity (Wildman–Crippen MR) is 62.1 cm³/mol. The van der Waals surface area contributed by atoms with Gasteiger partial charge < -0.3 is 5.11 Å². The highest BCUT2D eigenvalue weighted by atomic mass is 16.6. The van der Waals surface area contributed by atoms with Gasteiger partial charge in [-0.1, -0.05) is 32.1 Å². The van der Waals surface area contributed by atoms with Crippen LogP contribution < -0.4 is 0 Å². The Morgan fingerprint density at radius 2 is 2.31 bits per heavy atom. The number of nitro groups is 1. The van der Waals surface area contributed by atoms with Crippen LogP contribution in [0.2, 0.25) is 0 Å². The van der Waals surface area contributed by atoms with Crippen LogP contribution in [0.1, 0.15) is 31.4 Å². The quantitative estimate of drug-likeness (QED) is 0.472. The van der Waals surface area contributed by atoms with Crippen LogP contribution in [0, 0.1) is 10.1 Å². The Balaban J connectivity index is 2.91. The Hall–Kier alpha value is -1.68. The van der Waals surface area contributed by atoms with Gasteiger partial charge in [0.05, 0.1) is 4.92 Å². The average Bonchev–Trinajstić information content (AvgIpc) is 2.28. The van der Waals surface area contributed by atoms with Crippen LogP contribution in [0.4, 0.5) is 5.69 Å². The lowest BCUT2D eigenvalue weighted by Crippen LogP contribution is -2.01. The van der Waals surface area contributed by atoms with Gasteiger partial charge in [-0.2, -0.15) is 0 Å². The fourth-order valence-electron chi connectivity index (χ4n) is 1.50. The maximum absolute atomic E-state index is 10.6. The molecule has 0 saturated carbocycles. The van der Waals surface area contributed by atoms with Crippen molar-refractivity contribution in [3.8, 4) is 0 Å². The lowest BCUT2D eigenvalue weighted by molar-refractivity contribution is -0.385. The van der Waals surface area contributed by atoms with Gasteiger partial charge in [-0.3, -0.25) is 10.1 Å². The number of non-ortho nitro benzene ring substituents is 1. The summed E-state index contributed by atoms with van der Waals surface area (Å²) in [7, 11) is 0. The Labute approximate surface area is 94.4 Å². The Morgan fingerprint density at radius 1 is 1.62 bits per heavy atom. The van der Waals surface area contributed by atoms with Crippen LogP contribution >= 0.6 is 0 Å². The molecule has 0 aliphatic heterocycles. The van der Waals surface area contributed by atoms with Crippen molar-refractivity contribution in [2.75, 3.05) is 0 Å². The average molecular weight is 221 g/mol. The van der Waals surface area contributed by atoms with Crippen LogP contribution in [0.15, 0.2) is 36.4 Å². The number of hydrogen-bond acceptors (Lipinski definition) is 3. The second kappa shape index (κ2) is 5.42. The minimum atomic E-state index is -0.820. The van der Waals surface area contributed by atoms with Crippen LogP contribution in [0.25, 0.3) is 0 Å². The van der Waals surface area contributed by atoms with E-state index in [2.05, 4.69) is 6.58 Å². The zero-order chi connectivity index (χ0) is 12.1. The molecule has 86 valence electrons. The molecule has 1 unspecified atom stereocenters. The molecule has 0 amide bonds. The number of aliphatic hydroxyl groups excluding tert-OH is 1. The summed E-state index contributed by atoms with van der Waals surface area (Å²) in [4.78, 5) is 10.1. The second-order valence-corrected chi connectivity index (χ2v) is 3.66. The molecular formula is C12H15NO3. The third kappa shape index (κ3) is 2.90. The van der Waals surface area contributed by atoms with E-state index >= 15 is 0 Å². The van der Waals surface area contributed by atoms with Crippen molar-refractivity contribution in [2.45, 2.75) is 25.9 Å². The van der Waals surface area contributed by atoms with Gasteiger partial charge in [0.15, 0.2) is 0 Å². The molecule has 0 aliphatic carbocycles. The van der Waals surface area contributed by atoms with Gasteiger partial charge >= 0.3 is 0 Å². The zero-order valence-electron chi connectivity index (χ0n) is 9.22. The Morgan fingerprint density at radius 3 is 2.88 bits per heavy atom. The minimum absolute atomic E-state index is 0.0131. The van der Waals surface area contributed by atoms with E-state index in [0.717, 1.165) is 6.42 Å². The van der Waals surface area contributed by atoms with Crippen LogP contribution in [-0.4, -0.2) is 10.0 Å². The van der Waals surface area contributed by atoms with E-state index in [1.807, 2.05) is 6.92 Å². The Kier molecular flexibility index (Phi) is 4.19. The van der Waals surface area contributed by atoms with Crippen LogP contribution in [0.5, 0.6) is 0 Å². The summed E-state index contributed by atoms with van der Waals surface area (Å²) in [5, 5.41) is 20.5. The maximum atomic E-state index is 10.6. The van der Waals surface area contributed by atoms with Crippen molar-refractivity contribution in [1.29, 1.82) is 0 Å². The van der Waals surface area contributed by atoms with Gasteiger partial charge in [-0.15, -0.1) is 0 Å². The van der Waals surface area contributed by atoms with E-state index in [0.29, 0.717) is 17.6 Å². The van der Waals surface area contributed by atoms with E-state index < -0.39 is 11.0 Å². The van der Waals surface area contributed by atoms with E-state index in [1.165, 1.54) is 12.1 Å². The fraction of sp³-hybridized carbons (Fsp3) is 0.333. The van der Waals surface area contributed by atoms with Gasteiger partial charge in [0, 0.05) is 12.1 Å². The normalized spacial score (nSPS) is 12.1. The van der Waals surface area contributed by atoms with E-state index in [4.69, 9.17) is 0 Å². The topological polar surface area (TPSA) is 63.4 Å². The maximum Gasteiger partial charge on any atom is 0.269 e. The first-order valence-corrected chi connectivity index (χ1v) is 5.16. The summed E-state index contributed by atoms with van der Waals surface area (Å²) in [6.45, 7) is 5.77. The lowest BCUT2D eigenvalue weighted by atomic mass is 9.99. The third-order valence-corrected chi connectivity index (χ3v) is 2.35. The molecule has 16 heavy (non-hydrogen) atoms. The van der Waals surface area contributed by atoms with Crippen molar-refractivity contribution in [1.82, 2.24) is 0 Å². The molecule has 4 nitrogen and oxygen atoms in total. The number of rotatable bonds is 5. The van der Waals surface area contributed by atoms with E-state index in [1.54, 1.807) is 12.1 Å². The fourth-order valence-corrected chi connectivity index (χ4v) is 1.50. The van der Waals surface area contributed by atoms with Crippen molar-refractivity contribution in [3.63, 3.8) is 0 Å². The number of nitro benzene ring substituents is 1. The number of hydrogen-bond donors (Lipinski definition) is 1. The first kappa shape index (κ1) is 12.4. The van der Waals surface area contributed by atoms with Crippen LogP contribution in [0.3, 0.4) is 0 Å². The highest BCUT2D eigenvalue weighted by Crippen LogP contribution is 2.26. The molecule has 0 spiro atoms. The molecule has 1 N–H and O–H groups in total. The summed E-state index contributed by atoms with van der Waals surface area (Å²) in [6, 6.07) is 6.01. The van der Waals surface area contributed by atoms with Crippen molar-refractivity contribution >= 4 is 5.69 Å². The Bertz CT molecular complexity index is 401. The zero-order valence-corrected chi connectivity index (χ0v) is 9.22. The molecule has 1 aromatic rings. The standard InChI is InChI=1S/C12H15NO3/c1-3-5-9(2)12(14)10-6-4-7-11(8-10)13(15)16/h4,6-8,12,14H,2-3,5H2,1H3. The first-order valence-electron chi connectivity index (χ1n) is 5.16. The van der Waals surface area contributed by atoms with Crippen molar-refractivity contribution in [2.24, 2.45) is 0 Å². The van der Waals surface area contributed by atoms with E-state index in [9.17, 15) is 15.2 Å². The molecule has 0 bridgehead atoms. The molecule has 0 saturated heterocycles. The smallest absolute Gasteiger partial charge is 0.269 e. The molecule has 4 heteroatoms. The molecule has 0 radical (unpaired) electrons. The van der Waals surface area contributed by atoms with Gasteiger partial charge in [0.2, 0.25) is 0 Å². The molecule has 1 rings (SSSR count). The van der Waals surface area contributed by atoms with Gasteiger partial charge in [-0.05, 0) is 17.6 Å². The molecule has 0 fully saturated rings. The molecule has 0 aliphatic rings. The lowest BCUT2D eigenvalue weighted by Gasteiger charge is -2.13. The van der Waals surface area contributed by atoms with Crippen molar-refractivity contribution in [3.05, 3.63) is 52.1 Å². The molecule has 0 aromatic heterocycles. The molecule has 1 aromatic carbocycles. The molecule has 1 atom stereocenters. The largest absolute Gasteiger partial charge is 0.384 e. The highest BCUT2D eigenvalue weighted by Gasteiger charge is 2.14. The van der Waals surface area contributed by atoms with Crippen LogP contribution in [-0.2, 0) is 0 Å². The van der Waals surface area contributed by atoms with Gasteiger partial charge in [0.25, 0.3) is 5.69 Å². The molecular weight excluding hydrogens is 206 g/mol. The van der Waals surface area contributed by atoms with Crippen molar-refractivity contribution < 1.29 is 10.0 Å².